The van der Waals surface area contributed by atoms with Gasteiger partial charge in [-0.25, -0.2) is 9.97 Å². The van der Waals surface area contributed by atoms with Gasteiger partial charge in [0.05, 0.1) is 0 Å². The zero-order valence-electron chi connectivity index (χ0n) is 8.20. The van der Waals surface area contributed by atoms with Gasteiger partial charge in [0.1, 0.15) is 12.1 Å². The van der Waals surface area contributed by atoms with Crippen LogP contribution < -0.4 is 5.32 Å². The molecular weight excluding hydrogens is 181 g/mol. The minimum Gasteiger partial charge on any atom is -0.367 e. The third kappa shape index (κ3) is 2.00. The second kappa shape index (κ2) is 3.90. The van der Waals surface area contributed by atoms with Crippen molar-refractivity contribution in [2.24, 2.45) is 5.92 Å². The number of hydrogen-bond acceptors (Lipinski definition) is 3. The summed E-state index contributed by atoms with van der Waals surface area (Å²) in [5.74, 6) is 0.762. The second-order valence-electron chi connectivity index (χ2n) is 3.88. The normalized spacial score (nSPS) is 26.4. The molecule has 1 N–H and O–H groups in total. The summed E-state index contributed by atoms with van der Waals surface area (Å²) in [7, 11) is 0. The first-order valence-corrected chi connectivity index (χ1v) is 5.00. The van der Waals surface area contributed by atoms with Crippen molar-refractivity contribution < 1.29 is 4.39 Å². The van der Waals surface area contributed by atoms with E-state index in [0.717, 1.165) is 6.42 Å². The fourth-order valence-electron chi connectivity index (χ4n) is 1.96. The molecule has 1 aliphatic carbocycles. The summed E-state index contributed by atoms with van der Waals surface area (Å²) in [6, 6.07) is 1.77. The lowest BCUT2D eigenvalue weighted by atomic mass is 10.1. The minimum atomic E-state index is -0.479. The molecule has 1 aromatic rings. The zero-order valence-corrected chi connectivity index (χ0v) is 8.20. The summed E-state index contributed by atoms with van der Waals surface area (Å²) in [4.78, 5) is 7.39. The number of nitrogens with one attached hydrogen (secondary N) is 1. The molecule has 1 aliphatic rings. The van der Waals surface area contributed by atoms with Crippen LogP contribution in [0.5, 0.6) is 0 Å². The molecule has 4 heteroatoms. The fourth-order valence-corrected chi connectivity index (χ4v) is 1.96. The molecule has 14 heavy (non-hydrogen) atoms. The maximum absolute atomic E-state index is 12.7. The highest BCUT2D eigenvalue weighted by atomic mass is 19.1. The Hall–Kier alpha value is -1.19. The van der Waals surface area contributed by atoms with Crippen LogP contribution in [0.25, 0.3) is 0 Å². The van der Waals surface area contributed by atoms with Gasteiger partial charge in [-0.1, -0.05) is 13.3 Å². The standard InChI is InChI=1S/C10H14FN3/c1-7-3-2-4-8(7)14-10-5-9(11)12-6-13-10/h5-8H,2-4H2,1H3,(H,12,13,14). The molecule has 0 bridgehead atoms. The van der Waals surface area contributed by atoms with E-state index >= 15 is 0 Å². The van der Waals surface area contributed by atoms with E-state index in [9.17, 15) is 4.39 Å². The van der Waals surface area contributed by atoms with Gasteiger partial charge in [0, 0.05) is 12.1 Å². The summed E-state index contributed by atoms with van der Waals surface area (Å²) in [6.07, 6.45) is 4.88. The van der Waals surface area contributed by atoms with Crippen molar-refractivity contribution in [3.8, 4) is 0 Å². The van der Waals surface area contributed by atoms with Gasteiger partial charge in [0.2, 0.25) is 5.95 Å². The van der Waals surface area contributed by atoms with E-state index in [2.05, 4.69) is 22.2 Å². The monoisotopic (exact) mass is 195 g/mol. The van der Waals surface area contributed by atoms with E-state index < -0.39 is 5.95 Å². The molecule has 3 nitrogen and oxygen atoms in total. The topological polar surface area (TPSA) is 37.8 Å². The molecule has 0 spiro atoms. The molecule has 76 valence electrons. The quantitative estimate of drug-likeness (QED) is 0.735. The van der Waals surface area contributed by atoms with Crippen LogP contribution in [0.3, 0.4) is 0 Å². The van der Waals surface area contributed by atoms with Gasteiger partial charge >= 0.3 is 0 Å². The Labute approximate surface area is 82.8 Å². The van der Waals surface area contributed by atoms with Crippen LogP contribution >= 0.6 is 0 Å². The van der Waals surface area contributed by atoms with E-state index in [0.29, 0.717) is 17.8 Å². The first-order chi connectivity index (χ1) is 6.75. The van der Waals surface area contributed by atoms with E-state index in [1.165, 1.54) is 25.2 Å². The third-order valence-electron chi connectivity index (χ3n) is 2.83. The van der Waals surface area contributed by atoms with Gasteiger partial charge in [0.25, 0.3) is 0 Å². The number of aromatic nitrogens is 2. The van der Waals surface area contributed by atoms with Crippen molar-refractivity contribution in [3.63, 3.8) is 0 Å². The largest absolute Gasteiger partial charge is 0.367 e. The minimum absolute atomic E-state index is 0.435. The zero-order chi connectivity index (χ0) is 9.97. The van der Waals surface area contributed by atoms with Gasteiger partial charge in [-0.2, -0.15) is 4.39 Å². The highest BCUT2D eigenvalue weighted by Crippen LogP contribution is 2.27. The second-order valence-corrected chi connectivity index (χ2v) is 3.88. The average Bonchev–Trinajstić information content (AvgIpc) is 2.52. The summed E-state index contributed by atoms with van der Waals surface area (Å²) in [5.41, 5.74) is 0. The number of rotatable bonds is 2. The van der Waals surface area contributed by atoms with Crippen LogP contribution in [-0.2, 0) is 0 Å². The first kappa shape index (κ1) is 9.37. The molecule has 1 heterocycles. The Balaban J connectivity index is 2.03. The van der Waals surface area contributed by atoms with Crippen molar-refractivity contribution in [3.05, 3.63) is 18.3 Å². The Morgan fingerprint density at radius 1 is 1.43 bits per heavy atom. The van der Waals surface area contributed by atoms with E-state index in [1.807, 2.05) is 0 Å². The summed E-state index contributed by atoms with van der Waals surface area (Å²) in [5, 5.41) is 3.24. The van der Waals surface area contributed by atoms with Gasteiger partial charge in [-0.15, -0.1) is 0 Å². The van der Waals surface area contributed by atoms with Gasteiger partial charge in [-0.3, -0.25) is 0 Å². The van der Waals surface area contributed by atoms with Crippen molar-refractivity contribution >= 4 is 5.82 Å². The maximum atomic E-state index is 12.7. The number of hydrogen-bond donors (Lipinski definition) is 1. The SMILES string of the molecule is CC1CCCC1Nc1cc(F)ncn1. The number of anilines is 1. The molecule has 2 atom stereocenters. The summed E-state index contributed by atoms with van der Waals surface area (Å²) < 4.78 is 12.7. The van der Waals surface area contributed by atoms with Crippen molar-refractivity contribution in [1.29, 1.82) is 0 Å². The average molecular weight is 195 g/mol. The molecule has 1 saturated carbocycles. The van der Waals surface area contributed by atoms with Crippen LogP contribution in [0, 0.1) is 11.9 Å². The van der Waals surface area contributed by atoms with Crippen LogP contribution in [0.2, 0.25) is 0 Å². The van der Waals surface area contributed by atoms with E-state index in [1.54, 1.807) is 0 Å². The molecule has 2 rings (SSSR count). The molecule has 1 aromatic heterocycles. The molecule has 0 aliphatic heterocycles. The van der Waals surface area contributed by atoms with Gasteiger partial charge < -0.3 is 5.32 Å². The molecule has 0 amide bonds. The van der Waals surface area contributed by atoms with Crippen LogP contribution in [0.4, 0.5) is 10.2 Å². The molecule has 1 fully saturated rings. The Bertz CT molecular complexity index is 316. The maximum Gasteiger partial charge on any atom is 0.217 e. The van der Waals surface area contributed by atoms with Crippen molar-refractivity contribution in [2.75, 3.05) is 5.32 Å². The number of halogens is 1. The summed E-state index contributed by atoms with van der Waals surface area (Å²) in [6.45, 7) is 2.21. The van der Waals surface area contributed by atoms with Gasteiger partial charge in [0.15, 0.2) is 0 Å². The molecular formula is C10H14FN3. The smallest absolute Gasteiger partial charge is 0.217 e. The third-order valence-corrected chi connectivity index (χ3v) is 2.83. The van der Waals surface area contributed by atoms with Crippen LogP contribution in [0.15, 0.2) is 12.4 Å². The lowest BCUT2D eigenvalue weighted by Crippen LogP contribution is -2.22. The lowest BCUT2D eigenvalue weighted by molar-refractivity contribution is 0.550. The van der Waals surface area contributed by atoms with Gasteiger partial charge in [-0.05, 0) is 18.8 Å². The van der Waals surface area contributed by atoms with E-state index in [4.69, 9.17) is 0 Å². The first-order valence-electron chi connectivity index (χ1n) is 5.00. The van der Waals surface area contributed by atoms with Crippen LogP contribution in [0.1, 0.15) is 26.2 Å². The highest BCUT2D eigenvalue weighted by Gasteiger charge is 2.23. The van der Waals surface area contributed by atoms with Crippen molar-refractivity contribution in [1.82, 2.24) is 9.97 Å². The molecule has 2 unspecified atom stereocenters. The highest BCUT2D eigenvalue weighted by molar-refractivity contribution is 5.34. The Kier molecular flexibility index (Phi) is 2.61. The van der Waals surface area contributed by atoms with E-state index in [-0.39, 0.29) is 0 Å². The fraction of sp³-hybridized carbons (Fsp3) is 0.600. The summed E-state index contributed by atoms with van der Waals surface area (Å²) >= 11 is 0. The Morgan fingerprint density at radius 2 is 2.29 bits per heavy atom. The van der Waals surface area contributed by atoms with Crippen molar-refractivity contribution in [2.45, 2.75) is 32.2 Å². The predicted octanol–water partition coefficient (Wildman–Crippen LogP) is 2.22. The lowest BCUT2D eigenvalue weighted by Gasteiger charge is -2.17. The predicted molar refractivity (Wildman–Crippen MR) is 52.4 cm³/mol. The Morgan fingerprint density at radius 3 is 2.93 bits per heavy atom. The molecule has 0 aromatic carbocycles. The number of nitrogens with zero attached hydrogens (tertiary/aromatic N) is 2. The van der Waals surface area contributed by atoms with Crippen LogP contribution in [-0.4, -0.2) is 16.0 Å². The molecule has 0 radical (unpaired) electrons. The molecule has 0 saturated heterocycles.